The lowest BCUT2D eigenvalue weighted by atomic mass is 9.97. The number of nitrogens with one attached hydrogen (secondary N) is 1. The van der Waals surface area contributed by atoms with Gasteiger partial charge in [-0.25, -0.2) is 9.97 Å². The van der Waals surface area contributed by atoms with E-state index in [2.05, 4.69) is 15.3 Å². The molecule has 36 heavy (non-hydrogen) atoms. The van der Waals surface area contributed by atoms with Crippen molar-refractivity contribution < 1.29 is 14.5 Å². The number of carbonyl (C=O) groups is 2. The Hall–Kier alpha value is -4.47. The molecule has 2 heterocycles. The highest BCUT2D eigenvalue weighted by Gasteiger charge is 2.21. The van der Waals surface area contributed by atoms with Crippen molar-refractivity contribution in [3.63, 3.8) is 0 Å². The zero-order chi connectivity index (χ0) is 25.2. The summed E-state index contributed by atoms with van der Waals surface area (Å²) in [5.41, 5.74) is 2.17. The van der Waals surface area contributed by atoms with Crippen molar-refractivity contribution >= 4 is 56.4 Å². The van der Waals surface area contributed by atoms with Gasteiger partial charge in [0.05, 0.1) is 10.5 Å². The summed E-state index contributed by atoms with van der Waals surface area (Å²) in [5, 5.41) is 14.7. The van der Waals surface area contributed by atoms with Crippen LogP contribution >= 0.6 is 22.9 Å². The summed E-state index contributed by atoms with van der Waals surface area (Å²) in [4.78, 5) is 46.5. The molecule has 1 amide bonds. The van der Waals surface area contributed by atoms with Gasteiger partial charge in [0.25, 0.3) is 11.6 Å². The first-order valence-electron chi connectivity index (χ1n) is 10.6. The van der Waals surface area contributed by atoms with Crippen LogP contribution in [0.1, 0.15) is 26.3 Å². The third-order valence-electron chi connectivity index (χ3n) is 5.38. The minimum absolute atomic E-state index is 0.0565. The smallest absolute Gasteiger partial charge is 0.288 e. The maximum Gasteiger partial charge on any atom is 0.288 e. The summed E-state index contributed by atoms with van der Waals surface area (Å²) in [6.07, 6.45) is 1.72. The number of carbonyl (C=O) groups excluding carboxylic acids is 2. The molecule has 8 nitrogen and oxygen atoms in total. The molecule has 2 aromatic heterocycles. The van der Waals surface area contributed by atoms with Gasteiger partial charge in [-0.05, 0) is 54.6 Å². The predicted molar refractivity (Wildman–Crippen MR) is 139 cm³/mol. The van der Waals surface area contributed by atoms with Crippen LogP contribution in [-0.2, 0) is 0 Å². The number of thiazole rings is 1. The van der Waals surface area contributed by atoms with Gasteiger partial charge in [-0.15, -0.1) is 0 Å². The Morgan fingerprint density at radius 1 is 0.944 bits per heavy atom. The van der Waals surface area contributed by atoms with E-state index >= 15 is 0 Å². The second-order valence-electron chi connectivity index (χ2n) is 7.68. The van der Waals surface area contributed by atoms with E-state index in [-0.39, 0.29) is 27.4 Å². The van der Waals surface area contributed by atoms with Crippen molar-refractivity contribution in [3.05, 3.63) is 117 Å². The van der Waals surface area contributed by atoms with Crippen LogP contribution < -0.4 is 5.32 Å². The molecule has 10 heteroatoms. The molecule has 0 radical (unpaired) electrons. The fourth-order valence-electron chi connectivity index (χ4n) is 3.62. The summed E-state index contributed by atoms with van der Waals surface area (Å²) in [5.74, 6) is -1.01. The van der Waals surface area contributed by atoms with Crippen molar-refractivity contribution in [2.75, 3.05) is 5.32 Å². The van der Waals surface area contributed by atoms with Crippen LogP contribution in [0, 0.1) is 10.1 Å². The molecule has 0 saturated heterocycles. The van der Waals surface area contributed by atoms with Gasteiger partial charge in [0, 0.05) is 34.6 Å². The van der Waals surface area contributed by atoms with E-state index in [0.29, 0.717) is 5.69 Å². The van der Waals surface area contributed by atoms with Crippen LogP contribution in [0.3, 0.4) is 0 Å². The van der Waals surface area contributed by atoms with Crippen molar-refractivity contribution in [1.29, 1.82) is 0 Å². The standard InChI is InChI=1S/C26H15ClN4O4S/c27-20-12-9-16(14-22(20)31(34)35)23(32)18-4-1-2-5-19(18)24(33)29-17-10-7-15(8-11-17)25-30-21-6-3-13-28-26(21)36-25/h1-14H,(H,29,33). The fraction of sp³-hybridized carbons (Fsp3) is 0. The number of halogens is 1. The number of nitro benzene ring substituents is 1. The first-order chi connectivity index (χ1) is 17.4. The SMILES string of the molecule is O=C(Nc1ccc(-c2nc3cccnc3s2)cc1)c1ccccc1C(=O)c1ccc(Cl)c([N+](=O)[O-])c1. The van der Waals surface area contributed by atoms with E-state index in [1.54, 1.807) is 30.5 Å². The normalized spacial score (nSPS) is 10.8. The highest BCUT2D eigenvalue weighted by molar-refractivity contribution is 7.21. The molecule has 0 saturated carbocycles. The lowest BCUT2D eigenvalue weighted by Crippen LogP contribution is -2.17. The maximum absolute atomic E-state index is 13.1. The fourth-order valence-corrected chi connectivity index (χ4v) is 4.72. The summed E-state index contributed by atoms with van der Waals surface area (Å²) in [6.45, 7) is 0. The number of hydrogen-bond acceptors (Lipinski definition) is 7. The second-order valence-corrected chi connectivity index (χ2v) is 9.06. The number of aromatic nitrogens is 2. The number of fused-ring (bicyclic) bond motifs is 1. The third-order valence-corrected chi connectivity index (χ3v) is 6.73. The monoisotopic (exact) mass is 514 g/mol. The molecule has 5 aromatic rings. The first-order valence-corrected chi connectivity index (χ1v) is 11.8. The molecule has 0 unspecified atom stereocenters. The van der Waals surface area contributed by atoms with Crippen LogP contribution in [0.25, 0.3) is 20.9 Å². The van der Waals surface area contributed by atoms with E-state index < -0.39 is 16.6 Å². The molecule has 0 spiro atoms. The number of hydrogen-bond donors (Lipinski definition) is 1. The lowest BCUT2D eigenvalue weighted by molar-refractivity contribution is -0.384. The third kappa shape index (κ3) is 4.57. The number of nitrogens with zero attached hydrogens (tertiary/aromatic N) is 3. The number of ketones is 1. The Balaban J connectivity index is 1.38. The number of nitro groups is 1. The predicted octanol–water partition coefficient (Wildman–Crippen LogP) is 6.40. The van der Waals surface area contributed by atoms with E-state index in [9.17, 15) is 19.7 Å². The summed E-state index contributed by atoms with van der Waals surface area (Å²) in [7, 11) is 0. The highest BCUT2D eigenvalue weighted by Crippen LogP contribution is 2.30. The molecular weight excluding hydrogens is 500 g/mol. The average molecular weight is 515 g/mol. The Bertz CT molecular complexity index is 1620. The average Bonchev–Trinajstić information content (AvgIpc) is 3.33. The van der Waals surface area contributed by atoms with E-state index in [1.165, 1.54) is 35.6 Å². The quantitative estimate of drug-likeness (QED) is 0.159. The van der Waals surface area contributed by atoms with Gasteiger partial charge in [0.2, 0.25) is 0 Å². The molecular formula is C26H15ClN4O4S. The molecule has 1 N–H and O–H groups in total. The molecule has 0 atom stereocenters. The lowest BCUT2D eigenvalue weighted by Gasteiger charge is -2.10. The summed E-state index contributed by atoms with van der Waals surface area (Å²) < 4.78 is 0. The van der Waals surface area contributed by atoms with Crippen LogP contribution in [0.15, 0.2) is 85.1 Å². The van der Waals surface area contributed by atoms with E-state index in [1.807, 2.05) is 24.3 Å². The molecule has 0 aliphatic heterocycles. The van der Waals surface area contributed by atoms with Gasteiger partial charge in [-0.2, -0.15) is 0 Å². The summed E-state index contributed by atoms with van der Waals surface area (Å²) >= 11 is 7.34. The Labute approximate surface area is 213 Å². The number of pyridine rings is 1. The molecule has 176 valence electrons. The van der Waals surface area contributed by atoms with Gasteiger partial charge < -0.3 is 5.32 Å². The number of amides is 1. The Morgan fingerprint density at radius 2 is 1.69 bits per heavy atom. The molecule has 0 bridgehead atoms. The number of anilines is 1. The highest BCUT2D eigenvalue weighted by atomic mass is 35.5. The van der Waals surface area contributed by atoms with Gasteiger partial charge in [-0.3, -0.25) is 19.7 Å². The molecule has 5 rings (SSSR count). The van der Waals surface area contributed by atoms with Gasteiger partial charge >= 0.3 is 0 Å². The molecule has 0 aliphatic carbocycles. The zero-order valence-corrected chi connectivity index (χ0v) is 19.9. The minimum Gasteiger partial charge on any atom is -0.322 e. The number of benzene rings is 3. The summed E-state index contributed by atoms with van der Waals surface area (Å²) in [6, 6.07) is 21.0. The van der Waals surface area contributed by atoms with E-state index in [0.717, 1.165) is 27.0 Å². The maximum atomic E-state index is 13.1. The van der Waals surface area contributed by atoms with Crippen LogP contribution in [0.2, 0.25) is 5.02 Å². The van der Waals surface area contributed by atoms with Crippen molar-refractivity contribution in [2.24, 2.45) is 0 Å². The van der Waals surface area contributed by atoms with Crippen LogP contribution in [0.5, 0.6) is 0 Å². The largest absolute Gasteiger partial charge is 0.322 e. The zero-order valence-electron chi connectivity index (χ0n) is 18.3. The van der Waals surface area contributed by atoms with Gasteiger partial charge in [-0.1, -0.05) is 41.1 Å². The van der Waals surface area contributed by atoms with Gasteiger partial charge in [0.15, 0.2) is 5.78 Å². The molecule has 0 aliphatic rings. The van der Waals surface area contributed by atoms with Crippen LogP contribution in [0.4, 0.5) is 11.4 Å². The first kappa shape index (κ1) is 23.3. The molecule has 3 aromatic carbocycles. The second kappa shape index (κ2) is 9.65. The van der Waals surface area contributed by atoms with Crippen molar-refractivity contribution in [3.8, 4) is 10.6 Å². The Morgan fingerprint density at radius 3 is 2.42 bits per heavy atom. The minimum atomic E-state index is -0.660. The molecule has 0 fully saturated rings. The Kier molecular flexibility index (Phi) is 6.24. The van der Waals surface area contributed by atoms with Crippen molar-refractivity contribution in [2.45, 2.75) is 0 Å². The van der Waals surface area contributed by atoms with Crippen LogP contribution in [-0.4, -0.2) is 26.6 Å². The van der Waals surface area contributed by atoms with Crippen molar-refractivity contribution in [1.82, 2.24) is 9.97 Å². The van der Waals surface area contributed by atoms with Gasteiger partial charge in [0.1, 0.15) is 20.4 Å². The van der Waals surface area contributed by atoms with E-state index in [4.69, 9.17) is 11.6 Å². The number of rotatable bonds is 6. The topological polar surface area (TPSA) is 115 Å².